The minimum Gasteiger partial charge on any atom is -0.397 e. The van der Waals surface area contributed by atoms with Gasteiger partial charge in [-0.1, -0.05) is 11.6 Å². The average molecular weight is 338 g/mol. The zero-order valence-electron chi connectivity index (χ0n) is 9.75. The Morgan fingerprint density at radius 2 is 2.05 bits per heavy atom. The van der Waals surface area contributed by atoms with E-state index in [2.05, 4.69) is 5.43 Å². The summed E-state index contributed by atoms with van der Waals surface area (Å²) in [6.07, 6.45) is 1.35. The molecule has 108 valence electrons. The van der Waals surface area contributed by atoms with Crippen molar-refractivity contribution in [2.45, 2.75) is 10.3 Å². The predicted molar refractivity (Wildman–Crippen MR) is 74.9 cm³/mol. The largest absolute Gasteiger partial charge is 0.397 e. The maximum atomic E-state index is 11.5. The van der Waals surface area contributed by atoms with Crippen molar-refractivity contribution in [3.8, 4) is 0 Å². The second-order valence-electron chi connectivity index (χ2n) is 3.92. The Kier molecular flexibility index (Phi) is 3.83. The molecule has 1 aromatic rings. The van der Waals surface area contributed by atoms with E-state index in [4.69, 9.17) is 33.5 Å². The summed E-state index contributed by atoms with van der Waals surface area (Å²) in [5.74, 6) is -0.544. The third kappa shape index (κ3) is 2.83. The molecule has 10 heteroatoms. The van der Waals surface area contributed by atoms with E-state index in [1.54, 1.807) is 0 Å². The van der Waals surface area contributed by atoms with Crippen molar-refractivity contribution in [2.24, 2.45) is 0 Å². The Morgan fingerprint density at radius 3 is 2.55 bits per heavy atom. The van der Waals surface area contributed by atoms with E-state index >= 15 is 0 Å². The monoisotopic (exact) mass is 337 g/mol. The highest BCUT2D eigenvalue weighted by Crippen LogP contribution is 2.29. The van der Waals surface area contributed by atoms with Gasteiger partial charge in [0.2, 0.25) is 0 Å². The van der Waals surface area contributed by atoms with Gasteiger partial charge in [-0.15, -0.1) is 11.6 Å². The number of alkyl halides is 1. The lowest BCUT2D eigenvalue weighted by Crippen LogP contribution is -2.47. The van der Waals surface area contributed by atoms with E-state index in [0.717, 1.165) is 12.1 Å². The molecule has 1 aliphatic heterocycles. The molecule has 0 aromatic heterocycles. The molecule has 1 amide bonds. The van der Waals surface area contributed by atoms with Crippen molar-refractivity contribution in [2.75, 3.05) is 10.7 Å². The van der Waals surface area contributed by atoms with Crippen molar-refractivity contribution >= 4 is 50.6 Å². The topological polar surface area (TPSA) is 113 Å². The molecule has 0 saturated heterocycles. The minimum atomic E-state index is -4.35. The number of carbonyl (C=O) groups is 1. The number of hydrazine groups is 1. The molecular weight excluding hydrogens is 329 g/mol. The molecule has 1 heterocycles. The summed E-state index contributed by atoms with van der Waals surface area (Å²) in [5, 5.41) is 0.312. The van der Waals surface area contributed by atoms with Crippen LogP contribution < -0.4 is 16.2 Å². The summed E-state index contributed by atoms with van der Waals surface area (Å²) in [6.45, 7) is 0. The number of rotatable bonds is 2. The van der Waals surface area contributed by atoms with Crippen LogP contribution in [0.1, 0.15) is 0 Å². The molecule has 1 unspecified atom stereocenters. The van der Waals surface area contributed by atoms with Crippen LogP contribution in [0.4, 0.5) is 11.4 Å². The SMILES string of the molecule is Nc1cc(S(=O)(=O)O)ccc1N1C=C(Cl)C(Cl)C(=O)N1. The number of nitrogen functional groups attached to an aromatic ring is 1. The smallest absolute Gasteiger partial charge is 0.294 e. The fourth-order valence-electron chi connectivity index (χ4n) is 1.56. The number of carbonyl (C=O) groups excluding carboxylic acids is 1. The van der Waals surface area contributed by atoms with Gasteiger partial charge in [-0.3, -0.25) is 19.8 Å². The number of nitrogens with zero attached hydrogens (tertiary/aromatic N) is 1. The van der Waals surface area contributed by atoms with E-state index in [9.17, 15) is 13.2 Å². The van der Waals surface area contributed by atoms with Crippen LogP contribution in [0.2, 0.25) is 0 Å². The molecule has 2 rings (SSSR count). The molecule has 0 spiro atoms. The molecule has 1 aliphatic rings. The van der Waals surface area contributed by atoms with Crippen LogP contribution in [0.25, 0.3) is 0 Å². The van der Waals surface area contributed by atoms with Crippen LogP contribution in [0.15, 0.2) is 34.3 Å². The molecule has 4 N–H and O–H groups in total. The molecule has 1 atom stereocenters. The highest BCUT2D eigenvalue weighted by molar-refractivity contribution is 7.85. The number of nitrogens with one attached hydrogen (secondary N) is 1. The molecule has 0 fully saturated rings. The fourth-order valence-corrected chi connectivity index (χ4v) is 2.38. The van der Waals surface area contributed by atoms with Gasteiger partial charge in [0.05, 0.1) is 21.3 Å². The van der Waals surface area contributed by atoms with Gasteiger partial charge in [-0.25, -0.2) is 0 Å². The third-order valence-electron chi connectivity index (χ3n) is 2.51. The molecule has 0 bridgehead atoms. The second kappa shape index (κ2) is 5.13. The number of benzene rings is 1. The fraction of sp³-hybridized carbons (Fsp3) is 0.100. The third-order valence-corrected chi connectivity index (χ3v) is 4.22. The zero-order valence-corrected chi connectivity index (χ0v) is 12.1. The number of amides is 1. The van der Waals surface area contributed by atoms with Gasteiger partial charge in [0, 0.05) is 6.20 Å². The van der Waals surface area contributed by atoms with E-state index in [1.165, 1.54) is 17.3 Å². The summed E-state index contributed by atoms with van der Waals surface area (Å²) in [7, 11) is -4.35. The summed E-state index contributed by atoms with van der Waals surface area (Å²) in [4.78, 5) is 11.2. The normalized spacial score (nSPS) is 19.6. The van der Waals surface area contributed by atoms with E-state index < -0.39 is 21.4 Å². The summed E-state index contributed by atoms with van der Waals surface area (Å²) < 4.78 is 30.9. The Bertz CT molecular complexity index is 704. The van der Waals surface area contributed by atoms with E-state index in [1.807, 2.05) is 0 Å². The average Bonchev–Trinajstić information content (AvgIpc) is 2.34. The van der Waals surface area contributed by atoms with Gasteiger partial charge in [-0.2, -0.15) is 8.42 Å². The van der Waals surface area contributed by atoms with Gasteiger partial charge < -0.3 is 5.73 Å². The van der Waals surface area contributed by atoms with E-state index in [-0.39, 0.29) is 21.3 Å². The number of halogens is 2. The molecular formula is C10H9Cl2N3O4S. The van der Waals surface area contributed by atoms with Crippen LogP contribution in [0, 0.1) is 0 Å². The first-order valence-corrected chi connectivity index (χ1v) is 7.43. The van der Waals surface area contributed by atoms with Crippen LogP contribution in [-0.4, -0.2) is 24.3 Å². The number of nitrogens with two attached hydrogens (primary N) is 1. The van der Waals surface area contributed by atoms with Crippen LogP contribution in [0.5, 0.6) is 0 Å². The standard InChI is InChI=1S/C10H9Cl2N3O4S/c11-6-4-15(14-10(16)9(6)12)8-2-1-5(3-7(8)13)20(17,18)19/h1-4,9H,13H2,(H,14,16)(H,17,18,19). The van der Waals surface area contributed by atoms with E-state index in [0.29, 0.717) is 0 Å². The molecule has 7 nitrogen and oxygen atoms in total. The summed E-state index contributed by atoms with van der Waals surface area (Å²) in [5.41, 5.74) is 8.43. The first-order valence-electron chi connectivity index (χ1n) is 5.18. The maximum absolute atomic E-state index is 11.5. The summed E-state index contributed by atoms with van der Waals surface area (Å²) >= 11 is 11.5. The quantitative estimate of drug-likeness (QED) is 0.422. The molecule has 0 saturated carbocycles. The van der Waals surface area contributed by atoms with Crippen molar-refractivity contribution in [3.05, 3.63) is 29.4 Å². The Balaban J connectivity index is 2.43. The first-order chi connectivity index (χ1) is 9.20. The van der Waals surface area contributed by atoms with Gasteiger partial charge in [0.15, 0.2) is 5.38 Å². The minimum absolute atomic E-state index is 0.0224. The lowest BCUT2D eigenvalue weighted by molar-refractivity contribution is -0.120. The van der Waals surface area contributed by atoms with Crippen LogP contribution in [-0.2, 0) is 14.9 Å². The second-order valence-corrected chi connectivity index (χ2v) is 6.21. The first kappa shape index (κ1) is 14.9. The predicted octanol–water partition coefficient (Wildman–Crippen LogP) is 1.05. The number of hydrogen-bond donors (Lipinski definition) is 3. The molecule has 20 heavy (non-hydrogen) atoms. The Hall–Kier alpha value is -1.48. The van der Waals surface area contributed by atoms with Gasteiger partial charge in [0.25, 0.3) is 16.0 Å². The van der Waals surface area contributed by atoms with Crippen molar-refractivity contribution in [1.29, 1.82) is 0 Å². The molecule has 1 aromatic carbocycles. The van der Waals surface area contributed by atoms with Crippen molar-refractivity contribution < 1.29 is 17.8 Å². The number of anilines is 2. The van der Waals surface area contributed by atoms with Crippen molar-refractivity contribution in [3.63, 3.8) is 0 Å². The highest BCUT2D eigenvalue weighted by Gasteiger charge is 2.27. The highest BCUT2D eigenvalue weighted by atomic mass is 35.5. The molecule has 0 radical (unpaired) electrons. The van der Waals surface area contributed by atoms with Crippen molar-refractivity contribution in [1.82, 2.24) is 5.43 Å². The Labute approximate surface area is 124 Å². The Morgan fingerprint density at radius 1 is 1.40 bits per heavy atom. The van der Waals surface area contributed by atoms with Gasteiger partial charge in [-0.05, 0) is 18.2 Å². The lowest BCUT2D eigenvalue weighted by atomic mass is 10.2. The zero-order chi connectivity index (χ0) is 15.1. The number of hydrogen-bond acceptors (Lipinski definition) is 5. The lowest BCUT2D eigenvalue weighted by Gasteiger charge is -2.28. The van der Waals surface area contributed by atoms with Crippen LogP contribution >= 0.6 is 23.2 Å². The van der Waals surface area contributed by atoms with Gasteiger partial charge >= 0.3 is 0 Å². The van der Waals surface area contributed by atoms with Crippen LogP contribution in [0.3, 0.4) is 0 Å². The van der Waals surface area contributed by atoms with Gasteiger partial charge in [0.1, 0.15) is 0 Å². The summed E-state index contributed by atoms with van der Waals surface area (Å²) in [6, 6.07) is 3.51. The molecule has 0 aliphatic carbocycles. The maximum Gasteiger partial charge on any atom is 0.294 e.